The molecule has 2 fully saturated rings. The van der Waals surface area contributed by atoms with Crippen molar-refractivity contribution in [1.82, 2.24) is 14.9 Å². The summed E-state index contributed by atoms with van der Waals surface area (Å²) in [6, 6.07) is 6.22. The van der Waals surface area contributed by atoms with Gasteiger partial charge in [-0.3, -0.25) is 4.79 Å². The molecule has 0 radical (unpaired) electrons. The number of nitrogens with one attached hydrogen (secondary N) is 1. The first-order chi connectivity index (χ1) is 13.2. The van der Waals surface area contributed by atoms with E-state index in [1.54, 1.807) is 0 Å². The Hall–Kier alpha value is -1.92. The minimum Gasteiger partial charge on any atom is -0.376 e. The molecule has 0 aliphatic carbocycles. The molecule has 146 valence electrons. The first kappa shape index (κ1) is 18.4. The third-order valence-corrected chi connectivity index (χ3v) is 5.77. The average Bonchev–Trinajstić information content (AvgIpc) is 3.15. The maximum Gasteiger partial charge on any atom is 0.248 e. The van der Waals surface area contributed by atoms with Crippen molar-refractivity contribution < 1.29 is 14.3 Å². The number of aromatic amines is 1. The lowest BCUT2D eigenvalue weighted by atomic mass is 9.96. The summed E-state index contributed by atoms with van der Waals surface area (Å²) in [6.07, 6.45) is 5.41. The molecule has 27 heavy (non-hydrogen) atoms. The molecule has 1 atom stereocenters. The van der Waals surface area contributed by atoms with Gasteiger partial charge in [-0.2, -0.15) is 0 Å². The molecule has 1 amide bonds. The van der Waals surface area contributed by atoms with E-state index in [1.807, 2.05) is 4.90 Å². The molecule has 6 nitrogen and oxygen atoms in total. The quantitative estimate of drug-likeness (QED) is 0.877. The van der Waals surface area contributed by atoms with Gasteiger partial charge in [-0.1, -0.05) is 12.1 Å². The van der Waals surface area contributed by atoms with Crippen LogP contribution in [0, 0.1) is 6.92 Å². The fourth-order valence-electron chi connectivity index (χ4n) is 4.10. The minimum atomic E-state index is 0.0877. The molecule has 6 heteroatoms. The van der Waals surface area contributed by atoms with Crippen LogP contribution in [0.5, 0.6) is 0 Å². The fraction of sp³-hybridized carbons (Fsp3) is 0.619. The lowest BCUT2D eigenvalue weighted by Crippen LogP contribution is -2.40. The monoisotopic (exact) mass is 371 g/mol. The number of hydrogen-bond donors (Lipinski definition) is 1. The molecule has 0 saturated carbocycles. The second-order valence-electron chi connectivity index (χ2n) is 7.75. The van der Waals surface area contributed by atoms with Crippen molar-refractivity contribution in [3.8, 4) is 0 Å². The van der Waals surface area contributed by atoms with Gasteiger partial charge in [-0.25, -0.2) is 4.98 Å². The van der Waals surface area contributed by atoms with E-state index >= 15 is 0 Å². The van der Waals surface area contributed by atoms with Gasteiger partial charge in [-0.05, 0) is 50.7 Å². The maximum atomic E-state index is 12.4. The number of hydrogen-bond acceptors (Lipinski definition) is 4. The highest BCUT2D eigenvalue weighted by Gasteiger charge is 2.26. The highest BCUT2D eigenvalue weighted by atomic mass is 16.5. The number of benzene rings is 1. The Bertz CT molecular complexity index is 774. The van der Waals surface area contributed by atoms with Gasteiger partial charge in [0, 0.05) is 25.6 Å². The molecule has 0 spiro atoms. The van der Waals surface area contributed by atoms with Crippen molar-refractivity contribution in [3.05, 3.63) is 29.6 Å². The van der Waals surface area contributed by atoms with Crippen molar-refractivity contribution in [2.75, 3.05) is 32.9 Å². The molecule has 4 rings (SSSR count). The molecular formula is C21H29N3O3. The van der Waals surface area contributed by atoms with Crippen molar-refractivity contribution >= 4 is 16.9 Å². The molecule has 3 heterocycles. The Morgan fingerprint density at radius 1 is 1.30 bits per heavy atom. The zero-order chi connectivity index (χ0) is 18.6. The van der Waals surface area contributed by atoms with Crippen LogP contribution in [0.15, 0.2) is 18.2 Å². The third-order valence-electron chi connectivity index (χ3n) is 5.77. The number of aromatic nitrogens is 2. The minimum absolute atomic E-state index is 0.0877. The van der Waals surface area contributed by atoms with Crippen LogP contribution >= 0.6 is 0 Å². The zero-order valence-electron chi connectivity index (χ0n) is 16.1. The van der Waals surface area contributed by atoms with E-state index in [1.165, 1.54) is 12.0 Å². The summed E-state index contributed by atoms with van der Waals surface area (Å²) >= 11 is 0. The van der Waals surface area contributed by atoms with Gasteiger partial charge in [0.15, 0.2) is 0 Å². The Morgan fingerprint density at radius 3 is 2.89 bits per heavy atom. The smallest absolute Gasteiger partial charge is 0.248 e. The fourth-order valence-corrected chi connectivity index (χ4v) is 4.10. The number of ether oxygens (including phenoxy) is 2. The van der Waals surface area contributed by atoms with Gasteiger partial charge in [0.1, 0.15) is 12.4 Å². The highest BCUT2D eigenvalue weighted by molar-refractivity contribution is 5.79. The van der Waals surface area contributed by atoms with E-state index < -0.39 is 0 Å². The van der Waals surface area contributed by atoms with Crippen LogP contribution in [0.1, 0.15) is 49.4 Å². The van der Waals surface area contributed by atoms with Crippen LogP contribution in [0.2, 0.25) is 0 Å². The Kier molecular flexibility index (Phi) is 5.74. The van der Waals surface area contributed by atoms with Crippen molar-refractivity contribution in [2.24, 2.45) is 0 Å². The van der Waals surface area contributed by atoms with Gasteiger partial charge in [0.25, 0.3) is 0 Å². The normalized spacial score (nSPS) is 21.7. The molecule has 1 aromatic carbocycles. The molecule has 0 unspecified atom stereocenters. The van der Waals surface area contributed by atoms with Crippen LogP contribution in [0.4, 0.5) is 0 Å². The Balaban J connectivity index is 1.25. The number of piperidine rings is 1. The van der Waals surface area contributed by atoms with Crippen molar-refractivity contribution in [2.45, 2.75) is 51.0 Å². The Morgan fingerprint density at radius 2 is 2.15 bits per heavy atom. The SMILES string of the molecule is Cc1cccc2[nH]c(C3CCN(C(=O)COC[C@@H]4CCCCO4)CC3)nc12. The highest BCUT2D eigenvalue weighted by Crippen LogP contribution is 2.28. The number of amides is 1. The molecule has 0 bridgehead atoms. The van der Waals surface area contributed by atoms with Gasteiger partial charge in [-0.15, -0.1) is 0 Å². The van der Waals surface area contributed by atoms with Crippen LogP contribution in [-0.2, 0) is 14.3 Å². The number of likely N-dealkylation sites (tertiary alicyclic amines) is 1. The molecular weight excluding hydrogens is 342 g/mol. The molecule has 2 aromatic rings. The topological polar surface area (TPSA) is 67.5 Å². The zero-order valence-corrected chi connectivity index (χ0v) is 16.1. The molecule has 1 N–H and O–H groups in total. The van der Waals surface area contributed by atoms with E-state index in [0.717, 1.165) is 62.2 Å². The standard InChI is InChI=1S/C21H29N3O3/c1-15-5-4-7-18-20(15)23-21(22-18)16-8-10-24(11-9-16)19(25)14-26-13-17-6-2-3-12-27-17/h4-5,7,16-17H,2-3,6,8-14H2,1H3,(H,22,23)/t17-/m0/s1. The number of rotatable bonds is 5. The van der Waals surface area contributed by atoms with Gasteiger partial charge in [0.2, 0.25) is 5.91 Å². The van der Waals surface area contributed by atoms with Crippen LogP contribution in [-0.4, -0.2) is 59.8 Å². The summed E-state index contributed by atoms with van der Waals surface area (Å²) < 4.78 is 11.3. The van der Waals surface area contributed by atoms with E-state index in [0.29, 0.717) is 12.5 Å². The summed E-state index contributed by atoms with van der Waals surface area (Å²) in [5.74, 6) is 1.53. The summed E-state index contributed by atoms with van der Waals surface area (Å²) in [6.45, 7) is 5.13. The number of aryl methyl sites for hydroxylation is 1. The predicted octanol–water partition coefficient (Wildman–Crippen LogP) is 3.16. The second kappa shape index (κ2) is 8.40. The lowest BCUT2D eigenvalue weighted by Gasteiger charge is -2.31. The van der Waals surface area contributed by atoms with Crippen LogP contribution < -0.4 is 0 Å². The van der Waals surface area contributed by atoms with Crippen molar-refractivity contribution in [1.29, 1.82) is 0 Å². The largest absolute Gasteiger partial charge is 0.376 e. The van der Waals surface area contributed by atoms with Crippen LogP contribution in [0.25, 0.3) is 11.0 Å². The third kappa shape index (κ3) is 4.33. The average molecular weight is 371 g/mol. The number of para-hydroxylation sites is 1. The van der Waals surface area contributed by atoms with Gasteiger partial charge < -0.3 is 19.4 Å². The van der Waals surface area contributed by atoms with E-state index in [-0.39, 0.29) is 18.6 Å². The number of imidazole rings is 1. The first-order valence-corrected chi connectivity index (χ1v) is 10.1. The molecule has 2 saturated heterocycles. The number of fused-ring (bicyclic) bond motifs is 1. The summed E-state index contributed by atoms with van der Waals surface area (Å²) in [5, 5.41) is 0. The number of H-pyrrole nitrogens is 1. The number of carbonyl (C=O) groups is 1. The number of nitrogens with zero attached hydrogens (tertiary/aromatic N) is 2. The Labute approximate surface area is 160 Å². The van der Waals surface area contributed by atoms with Crippen LogP contribution in [0.3, 0.4) is 0 Å². The summed E-state index contributed by atoms with van der Waals surface area (Å²) in [5.41, 5.74) is 3.35. The van der Waals surface area contributed by atoms with E-state index in [2.05, 4.69) is 30.1 Å². The molecule has 2 aliphatic rings. The summed E-state index contributed by atoms with van der Waals surface area (Å²) in [4.78, 5) is 22.6. The lowest BCUT2D eigenvalue weighted by molar-refractivity contribution is -0.139. The van der Waals surface area contributed by atoms with E-state index in [4.69, 9.17) is 14.5 Å². The molecule has 2 aliphatic heterocycles. The first-order valence-electron chi connectivity index (χ1n) is 10.1. The predicted molar refractivity (Wildman–Crippen MR) is 104 cm³/mol. The second-order valence-corrected chi connectivity index (χ2v) is 7.75. The maximum absolute atomic E-state index is 12.4. The molecule has 1 aromatic heterocycles. The van der Waals surface area contributed by atoms with Gasteiger partial charge in [0.05, 0.1) is 23.7 Å². The van der Waals surface area contributed by atoms with Crippen molar-refractivity contribution in [3.63, 3.8) is 0 Å². The van der Waals surface area contributed by atoms with E-state index in [9.17, 15) is 4.79 Å². The summed E-state index contributed by atoms with van der Waals surface area (Å²) in [7, 11) is 0. The van der Waals surface area contributed by atoms with Gasteiger partial charge >= 0.3 is 0 Å². The number of carbonyl (C=O) groups excluding carboxylic acids is 1.